The van der Waals surface area contributed by atoms with Crippen LogP contribution < -0.4 is 16.5 Å². The van der Waals surface area contributed by atoms with Crippen LogP contribution in [0.1, 0.15) is 0 Å². The molecular formula is C18H25N2O9P+2. The van der Waals surface area contributed by atoms with Gasteiger partial charge in [-0.2, -0.15) is 0 Å². The predicted octanol–water partition coefficient (Wildman–Crippen LogP) is -0.988. The first-order valence-corrected chi connectivity index (χ1v) is 10.5. The largest absolute Gasteiger partial charge is 0.567 e. The van der Waals surface area contributed by atoms with Crippen molar-refractivity contribution < 1.29 is 54.9 Å². The van der Waals surface area contributed by atoms with Crippen molar-refractivity contribution in [3.8, 4) is 16.9 Å². The molecule has 0 spiro atoms. The third-order valence-electron chi connectivity index (χ3n) is 4.60. The molecule has 0 bridgehead atoms. The van der Waals surface area contributed by atoms with Crippen molar-refractivity contribution in [3.63, 3.8) is 0 Å². The van der Waals surface area contributed by atoms with Crippen molar-refractivity contribution in [3.05, 3.63) is 54.6 Å². The average Bonchev–Trinajstić information content (AvgIpc) is 2.79. The molecule has 0 saturated carbocycles. The number of hydrogen-bond acceptors (Lipinski definition) is 9. The van der Waals surface area contributed by atoms with E-state index < -0.39 is 45.1 Å². The number of ether oxygens (including phenoxy) is 2. The van der Waals surface area contributed by atoms with Gasteiger partial charge in [0.25, 0.3) is 0 Å². The second kappa shape index (κ2) is 9.94. The van der Waals surface area contributed by atoms with Crippen LogP contribution in [0.2, 0.25) is 0 Å². The molecule has 12 heteroatoms. The van der Waals surface area contributed by atoms with Gasteiger partial charge < -0.3 is 24.8 Å². The summed E-state index contributed by atoms with van der Waals surface area (Å²) in [7, 11) is -4.21. The molecule has 0 aromatic heterocycles. The molecule has 3 rings (SSSR count). The standard InChI is InChI=1S/C18H25N2O9P/c19-28-30(24,29-20)27-17-14(10-21)26-18(16(23)15(17)22)25-13-8-6-12(7-9-13)11-4-2-1-3-5-11/h1-9,14-18,21-23H,10H2,19-20H3/q+2/t14-,15-,16+,17-,18+/m1/s1. The molecule has 1 aliphatic rings. The Morgan fingerprint density at radius 1 is 0.933 bits per heavy atom. The second-order valence-corrected chi connectivity index (χ2v) is 8.11. The molecule has 11 nitrogen and oxygen atoms in total. The zero-order valence-corrected chi connectivity index (χ0v) is 16.8. The van der Waals surface area contributed by atoms with E-state index in [9.17, 15) is 19.9 Å². The minimum Gasteiger partial charge on any atom is -0.462 e. The lowest BCUT2D eigenvalue weighted by molar-refractivity contribution is -0.684. The van der Waals surface area contributed by atoms with Crippen molar-refractivity contribution in [2.45, 2.75) is 30.7 Å². The molecule has 0 amide bonds. The highest BCUT2D eigenvalue weighted by molar-refractivity contribution is 7.48. The Labute approximate surface area is 172 Å². The van der Waals surface area contributed by atoms with Gasteiger partial charge in [0, 0.05) is 0 Å². The summed E-state index contributed by atoms with van der Waals surface area (Å²) < 4.78 is 37.1. The Morgan fingerprint density at radius 2 is 1.53 bits per heavy atom. The van der Waals surface area contributed by atoms with Gasteiger partial charge in [-0.1, -0.05) is 51.7 Å². The van der Waals surface area contributed by atoms with Gasteiger partial charge in [-0.25, -0.2) is 16.4 Å². The fourth-order valence-electron chi connectivity index (χ4n) is 3.02. The van der Waals surface area contributed by atoms with Crippen LogP contribution in [-0.2, 0) is 23.1 Å². The minimum atomic E-state index is -4.21. The molecule has 1 aliphatic heterocycles. The SMILES string of the molecule is [NH3+]OP(=O)(O[NH3+])O[C@H]1[C@H](O)[C@H](O)[C@@H](Oc2ccc(-c3ccccc3)cc2)O[C@@H]1CO. The molecule has 1 saturated heterocycles. The van der Waals surface area contributed by atoms with E-state index in [1.165, 1.54) is 0 Å². The first-order valence-electron chi connectivity index (χ1n) is 9.01. The molecule has 164 valence electrons. The van der Waals surface area contributed by atoms with Crippen molar-refractivity contribution >= 4 is 7.82 Å². The number of benzene rings is 2. The van der Waals surface area contributed by atoms with Crippen molar-refractivity contribution in [1.82, 2.24) is 0 Å². The monoisotopic (exact) mass is 444 g/mol. The second-order valence-electron chi connectivity index (χ2n) is 6.49. The van der Waals surface area contributed by atoms with Gasteiger partial charge in [-0.05, 0) is 23.3 Å². The topological polar surface area (TPSA) is 179 Å². The summed E-state index contributed by atoms with van der Waals surface area (Å²) in [6, 6.07) is 16.8. The summed E-state index contributed by atoms with van der Waals surface area (Å²) >= 11 is 0. The van der Waals surface area contributed by atoms with Crippen LogP contribution in [0.5, 0.6) is 5.75 Å². The van der Waals surface area contributed by atoms with Gasteiger partial charge in [0.1, 0.15) is 30.2 Å². The summed E-state index contributed by atoms with van der Waals surface area (Å²) in [5.41, 5.74) is 1.99. The fraction of sp³-hybridized carbons (Fsp3) is 0.333. The quantitative estimate of drug-likeness (QED) is 0.252. The zero-order valence-electron chi connectivity index (χ0n) is 15.9. The van der Waals surface area contributed by atoms with E-state index in [4.69, 9.17) is 14.0 Å². The lowest BCUT2D eigenvalue weighted by Gasteiger charge is -2.41. The van der Waals surface area contributed by atoms with Crippen LogP contribution in [0.15, 0.2) is 54.6 Å². The zero-order chi connectivity index (χ0) is 21.7. The van der Waals surface area contributed by atoms with Crippen molar-refractivity contribution in [2.24, 2.45) is 0 Å². The number of aliphatic hydroxyl groups is 3. The highest BCUT2D eigenvalue weighted by atomic mass is 31.2. The molecule has 2 aromatic rings. The minimum absolute atomic E-state index is 0.370. The van der Waals surface area contributed by atoms with Gasteiger partial charge in [0.15, 0.2) is 0 Å². The summed E-state index contributed by atoms with van der Waals surface area (Å²) in [5.74, 6) is 6.30. The summed E-state index contributed by atoms with van der Waals surface area (Å²) in [6.45, 7) is -0.629. The molecule has 9 N–H and O–H groups in total. The Kier molecular flexibility index (Phi) is 7.55. The van der Waals surface area contributed by atoms with Crippen LogP contribution >= 0.6 is 7.82 Å². The molecule has 0 aliphatic carbocycles. The lowest BCUT2D eigenvalue weighted by atomic mass is 9.99. The molecular weight excluding hydrogens is 419 g/mol. The Morgan fingerprint density at radius 3 is 2.10 bits per heavy atom. The van der Waals surface area contributed by atoms with Gasteiger partial charge >= 0.3 is 7.82 Å². The molecule has 0 unspecified atom stereocenters. The molecule has 1 heterocycles. The number of rotatable bonds is 8. The number of quaternary nitrogens is 2. The van der Waals surface area contributed by atoms with Crippen LogP contribution in [0, 0.1) is 0 Å². The van der Waals surface area contributed by atoms with Gasteiger partial charge in [0.2, 0.25) is 6.29 Å². The van der Waals surface area contributed by atoms with E-state index in [1.54, 1.807) is 12.1 Å². The van der Waals surface area contributed by atoms with Crippen LogP contribution in [-0.4, -0.2) is 52.6 Å². The highest BCUT2D eigenvalue weighted by Gasteiger charge is 2.50. The molecule has 2 aromatic carbocycles. The van der Waals surface area contributed by atoms with Crippen LogP contribution in [0.3, 0.4) is 0 Å². The van der Waals surface area contributed by atoms with Gasteiger partial charge in [-0.15, -0.1) is 0 Å². The normalized spacial score (nSPS) is 27.0. The fourth-order valence-corrected chi connectivity index (χ4v) is 3.77. The lowest BCUT2D eigenvalue weighted by Crippen LogP contribution is -2.62. The number of hydrogen-bond donors (Lipinski definition) is 5. The molecule has 0 radical (unpaired) electrons. The van der Waals surface area contributed by atoms with E-state index in [-0.39, 0.29) is 0 Å². The van der Waals surface area contributed by atoms with Gasteiger partial charge in [-0.3, -0.25) is 4.52 Å². The van der Waals surface area contributed by atoms with Crippen LogP contribution in [0.4, 0.5) is 0 Å². The molecule has 1 fully saturated rings. The maximum Gasteiger partial charge on any atom is 0.567 e. The van der Waals surface area contributed by atoms with Crippen LogP contribution in [0.25, 0.3) is 11.1 Å². The van der Waals surface area contributed by atoms with Crippen molar-refractivity contribution in [2.75, 3.05) is 6.61 Å². The molecule has 5 atom stereocenters. The highest BCUT2D eigenvalue weighted by Crippen LogP contribution is 2.47. The first-order chi connectivity index (χ1) is 14.4. The number of phosphoric acid groups is 1. The third kappa shape index (κ3) is 5.05. The Hall–Kier alpha value is -1.89. The van der Waals surface area contributed by atoms with E-state index in [1.807, 2.05) is 42.5 Å². The predicted molar refractivity (Wildman–Crippen MR) is 101 cm³/mol. The summed E-state index contributed by atoms with van der Waals surface area (Å²) in [6.07, 6.45) is -7.19. The maximum atomic E-state index is 12.1. The van der Waals surface area contributed by atoms with Crippen molar-refractivity contribution in [1.29, 1.82) is 0 Å². The third-order valence-corrected chi connectivity index (χ3v) is 5.74. The Balaban J connectivity index is 1.71. The summed E-state index contributed by atoms with van der Waals surface area (Å²) in [5, 5.41) is 30.4. The smallest absolute Gasteiger partial charge is 0.462 e. The Bertz CT molecular complexity index is 844. The van der Waals surface area contributed by atoms with E-state index >= 15 is 0 Å². The maximum absolute atomic E-state index is 12.1. The number of aliphatic hydroxyl groups excluding tert-OH is 3. The summed E-state index contributed by atoms with van der Waals surface area (Å²) in [4.78, 5) is 0. The van der Waals surface area contributed by atoms with Gasteiger partial charge in [0.05, 0.1) is 6.61 Å². The average molecular weight is 444 g/mol. The van der Waals surface area contributed by atoms with E-state index in [2.05, 4.69) is 21.0 Å². The first kappa shape index (κ1) is 22.8. The van der Waals surface area contributed by atoms with E-state index in [0.717, 1.165) is 11.1 Å². The molecule has 30 heavy (non-hydrogen) atoms. The van der Waals surface area contributed by atoms with E-state index in [0.29, 0.717) is 5.75 Å².